The molecule has 2 aromatic rings. The maximum atomic E-state index is 12.1. The number of carboxylic acids is 1. The third kappa shape index (κ3) is 4.22. The Hall–Kier alpha value is -2.60. The molecule has 1 aliphatic rings. The highest BCUT2D eigenvalue weighted by Gasteiger charge is 2.23. The summed E-state index contributed by atoms with van der Waals surface area (Å²) in [6.45, 7) is 5.17. The summed E-state index contributed by atoms with van der Waals surface area (Å²) in [5.74, 6) is -0.513. The van der Waals surface area contributed by atoms with Gasteiger partial charge >= 0.3 is 5.97 Å². The molecule has 2 N–H and O–H groups in total. The molecule has 1 aliphatic heterocycles. The number of aromatic nitrogens is 1. The summed E-state index contributed by atoms with van der Waals surface area (Å²) in [4.78, 5) is 30.7. The number of carboxylic acid groups (broad SMARTS) is 1. The van der Waals surface area contributed by atoms with Gasteiger partial charge in [-0.3, -0.25) is 4.79 Å². The van der Waals surface area contributed by atoms with Crippen molar-refractivity contribution >= 4 is 11.7 Å². The van der Waals surface area contributed by atoms with Gasteiger partial charge in [0.25, 0.3) is 5.56 Å². The van der Waals surface area contributed by atoms with Gasteiger partial charge in [-0.2, -0.15) is 0 Å². The van der Waals surface area contributed by atoms with Crippen molar-refractivity contribution in [2.75, 3.05) is 38.6 Å². The van der Waals surface area contributed by atoms with Crippen molar-refractivity contribution < 1.29 is 9.90 Å². The fourth-order valence-corrected chi connectivity index (χ4v) is 3.84. The van der Waals surface area contributed by atoms with E-state index in [1.165, 1.54) is 18.2 Å². The van der Waals surface area contributed by atoms with Crippen LogP contribution in [0.2, 0.25) is 0 Å². The first-order chi connectivity index (χ1) is 12.9. The van der Waals surface area contributed by atoms with Gasteiger partial charge in [0.05, 0.1) is 5.69 Å². The molecule has 0 radical (unpaired) electrons. The summed E-state index contributed by atoms with van der Waals surface area (Å²) in [5.41, 5.74) is 2.83. The van der Waals surface area contributed by atoms with Crippen LogP contribution in [0.15, 0.2) is 35.1 Å². The van der Waals surface area contributed by atoms with Gasteiger partial charge in [0.15, 0.2) is 0 Å². The average Bonchev–Trinajstić information content (AvgIpc) is 3.09. The maximum absolute atomic E-state index is 12.1. The summed E-state index contributed by atoms with van der Waals surface area (Å²) in [7, 11) is 4.22. The molecule has 144 valence electrons. The van der Waals surface area contributed by atoms with E-state index in [-0.39, 0.29) is 5.56 Å². The van der Waals surface area contributed by atoms with E-state index in [1.54, 1.807) is 0 Å². The number of hydrogen-bond acceptors (Lipinski definition) is 4. The monoisotopic (exact) mass is 369 g/mol. The maximum Gasteiger partial charge on any atom is 0.341 e. The van der Waals surface area contributed by atoms with E-state index in [1.807, 2.05) is 19.1 Å². The molecular formula is C21H27N3O3. The van der Waals surface area contributed by atoms with Crippen molar-refractivity contribution in [3.63, 3.8) is 0 Å². The number of anilines is 1. The van der Waals surface area contributed by atoms with Crippen LogP contribution in [0, 0.1) is 5.92 Å². The van der Waals surface area contributed by atoms with E-state index in [0.717, 1.165) is 30.8 Å². The van der Waals surface area contributed by atoms with Crippen LogP contribution in [0.1, 0.15) is 29.3 Å². The molecule has 2 heterocycles. The van der Waals surface area contributed by atoms with Gasteiger partial charge in [0.1, 0.15) is 5.56 Å². The molecule has 1 aromatic carbocycles. The first-order valence-corrected chi connectivity index (χ1v) is 9.38. The lowest BCUT2D eigenvalue weighted by molar-refractivity contribution is 0.0695. The van der Waals surface area contributed by atoms with E-state index < -0.39 is 11.5 Å². The quantitative estimate of drug-likeness (QED) is 0.819. The first-order valence-electron chi connectivity index (χ1n) is 9.38. The van der Waals surface area contributed by atoms with Gasteiger partial charge in [-0.05, 0) is 62.2 Å². The molecule has 0 aliphatic carbocycles. The Labute approximate surface area is 159 Å². The van der Waals surface area contributed by atoms with Crippen LogP contribution in [0.3, 0.4) is 0 Å². The Balaban J connectivity index is 1.83. The van der Waals surface area contributed by atoms with Crippen molar-refractivity contribution in [3.05, 3.63) is 51.8 Å². The highest BCUT2D eigenvalue weighted by molar-refractivity contribution is 5.88. The van der Waals surface area contributed by atoms with Crippen LogP contribution in [0.5, 0.6) is 0 Å². The Morgan fingerprint density at radius 2 is 2.00 bits per heavy atom. The van der Waals surface area contributed by atoms with Crippen molar-refractivity contribution in [3.8, 4) is 11.3 Å². The van der Waals surface area contributed by atoms with Crippen LogP contribution in [0.25, 0.3) is 11.3 Å². The average molecular weight is 369 g/mol. The van der Waals surface area contributed by atoms with Gasteiger partial charge < -0.3 is 19.9 Å². The van der Waals surface area contributed by atoms with Crippen molar-refractivity contribution in [1.29, 1.82) is 0 Å². The van der Waals surface area contributed by atoms with E-state index in [0.29, 0.717) is 18.0 Å². The van der Waals surface area contributed by atoms with Gasteiger partial charge in [0.2, 0.25) is 0 Å². The summed E-state index contributed by atoms with van der Waals surface area (Å²) in [5, 5.41) is 9.15. The number of pyridine rings is 1. The van der Waals surface area contributed by atoms with E-state index in [9.17, 15) is 9.59 Å². The number of H-pyrrole nitrogens is 1. The summed E-state index contributed by atoms with van der Waals surface area (Å²) < 4.78 is 0. The minimum atomic E-state index is -1.20. The molecule has 6 heteroatoms. The van der Waals surface area contributed by atoms with Crippen LogP contribution in [-0.4, -0.2) is 54.7 Å². The molecule has 1 fully saturated rings. The summed E-state index contributed by atoms with van der Waals surface area (Å²) in [6.07, 6.45) is 1.84. The Kier molecular flexibility index (Phi) is 5.65. The molecular weight excluding hydrogens is 342 g/mol. The minimum absolute atomic E-state index is 0.212. The molecule has 0 amide bonds. The molecule has 0 bridgehead atoms. The molecule has 27 heavy (non-hydrogen) atoms. The van der Waals surface area contributed by atoms with E-state index in [2.05, 4.69) is 41.0 Å². The number of aromatic amines is 1. The number of benzene rings is 1. The molecule has 0 saturated carbocycles. The number of aromatic carboxylic acids is 1. The zero-order chi connectivity index (χ0) is 19.6. The third-order valence-corrected chi connectivity index (χ3v) is 5.16. The molecule has 6 nitrogen and oxygen atoms in total. The lowest BCUT2D eigenvalue weighted by atomic mass is 10.0. The smallest absolute Gasteiger partial charge is 0.341 e. The van der Waals surface area contributed by atoms with Gasteiger partial charge in [-0.15, -0.1) is 0 Å². The number of aryl methyl sites for hydroxylation is 1. The third-order valence-electron chi connectivity index (χ3n) is 5.16. The summed E-state index contributed by atoms with van der Waals surface area (Å²) >= 11 is 0. The standard InChI is InChI=1S/C21H27N3O3/c1-4-15-11-18(21(26)27)20(25)22-19(15)16-5-7-17(8-6-16)24-10-9-14(13-24)12-23(2)3/h5-8,11,14H,4,9-10,12-13H2,1-3H3,(H,22,25)(H,26,27). The Morgan fingerprint density at radius 1 is 1.30 bits per heavy atom. The number of nitrogens with one attached hydrogen (secondary N) is 1. The van der Waals surface area contributed by atoms with Crippen molar-refractivity contribution in [2.45, 2.75) is 19.8 Å². The molecule has 1 aromatic heterocycles. The molecule has 1 saturated heterocycles. The fourth-order valence-electron chi connectivity index (χ4n) is 3.84. The SMILES string of the molecule is CCc1cc(C(=O)O)c(=O)[nH]c1-c1ccc(N2CCC(CN(C)C)C2)cc1. The van der Waals surface area contributed by atoms with Crippen LogP contribution < -0.4 is 10.5 Å². The fraction of sp³-hybridized carbons (Fsp3) is 0.429. The van der Waals surface area contributed by atoms with E-state index >= 15 is 0 Å². The van der Waals surface area contributed by atoms with Crippen LogP contribution in [-0.2, 0) is 6.42 Å². The minimum Gasteiger partial charge on any atom is -0.477 e. The number of nitrogens with zero attached hydrogens (tertiary/aromatic N) is 2. The van der Waals surface area contributed by atoms with Crippen LogP contribution in [0.4, 0.5) is 5.69 Å². The van der Waals surface area contributed by atoms with Crippen LogP contribution >= 0.6 is 0 Å². The highest BCUT2D eigenvalue weighted by atomic mass is 16.4. The number of carbonyl (C=O) groups is 1. The predicted octanol–water partition coefficient (Wildman–Crippen LogP) is 2.69. The number of hydrogen-bond donors (Lipinski definition) is 2. The lowest BCUT2D eigenvalue weighted by Crippen LogP contribution is -2.25. The Bertz CT molecular complexity index is 871. The largest absolute Gasteiger partial charge is 0.477 e. The first kappa shape index (κ1) is 19.2. The molecule has 1 atom stereocenters. The molecule has 0 spiro atoms. The van der Waals surface area contributed by atoms with Crippen molar-refractivity contribution in [2.24, 2.45) is 5.92 Å². The van der Waals surface area contributed by atoms with E-state index in [4.69, 9.17) is 5.11 Å². The van der Waals surface area contributed by atoms with Gasteiger partial charge in [-0.25, -0.2) is 4.79 Å². The highest BCUT2D eigenvalue weighted by Crippen LogP contribution is 2.28. The Morgan fingerprint density at radius 3 is 2.59 bits per heavy atom. The van der Waals surface area contributed by atoms with Gasteiger partial charge in [-0.1, -0.05) is 19.1 Å². The second-order valence-corrected chi connectivity index (χ2v) is 7.48. The van der Waals surface area contributed by atoms with Crippen molar-refractivity contribution in [1.82, 2.24) is 9.88 Å². The summed E-state index contributed by atoms with van der Waals surface area (Å²) in [6, 6.07) is 9.64. The number of rotatable bonds is 6. The predicted molar refractivity (Wildman–Crippen MR) is 108 cm³/mol. The topological polar surface area (TPSA) is 76.6 Å². The second kappa shape index (κ2) is 7.96. The second-order valence-electron chi connectivity index (χ2n) is 7.48. The molecule has 1 unspecified atom stereocenters. The molecule has 3 rings (SSSR count). The lowest BCUT2D eigenvalue weighted by Gasteiger charge is -2.20. The zero-order valence-electron chi connectivity index (χ0n) is 16.2. The normalized spacial score (nSPS) is 16.9. The van der Waals surface area contributed by atoms with Gasteiger partial charge in [0, 0.05) is 25.3 Å². The zero-order valence-corrected chi connectivity index (χ0v) is 16.2.